The second-order valence-electron chi connectivity index (χ2n) is 6.80. The first-order valence-corrected chi connectivity index (χ1v) is 7.94. The summed E-state index contributed by atoms with van der Waals surface area (Å²) in [5.41, 5.74) is 8.51. The summed E-state index contributed by atoms with van der Waals surface area (Å²) in [7, 11) is 2.07. The van der Waals surface area contributed by atoms with Crippen molar-refractivity contribution in [1.82, 2.24) is 9.78 Å². The second kappa shape index (κ2) is 6.17. The van der Waals surface area contributed by atoms with E-state index in [4.69, 9.17) is 5.73 Å². The fraction of sp³-hybridized carbons (Fsp3) is 0.812. The first-order valence-electron chi connectivity index (χ1n) is 7.94. The van der Waals surface area contributed by atoms with Crippen LogP contribution in [-0.4, -0.2) is 28.4 Å². The van der Waals surface area contributed by atoms with E-state index in [0.717, 1.165) is 30.6 Å². The zero-order valence-corrected chi connectivity index (χ0v) is 13.7. The van der Waals surface area contributed by atoms with Crippen molar-refractivity contribution in [2.24, 2.45) is 18.7 Å². The average molecular weight is 278 g/mol. The van der Waals surface area contributed by atoms with Gasteiger partial charge in [-0.1, -0.05) is 13.8 Å². The molecule has 4 heteroatoms. The van der Waals surface area contributed by atoms with E-state index < -0.39 is 0 Å². The van der Waals surface area contributed by atoms with Gasteiger partial charge in [0, 0.05) is 31.2 Å². The maximum atomic E-state index is 6.03. The van der Waals surface area contributed by atoms with Crippen LogP contribution in [-0.2, 0) is 13.5 Å². The minimum absolute atomic E-state index is 0.183. The van der Waals surface area contributed by atoms with Crippen LogP contribution in [0.3, 0.4) is 0 Å². The summed E-state index contributed by atoms with van der Waals surface area (Å²) in [6, 6.07) is 0.901. The van der Waals surface area contributed by atoms with Gasteiger partial charge in [0.05, 0.1) is 5.69 Å². The van der Waals surface area contributed by atoms with Crippen LogP contribution in [0.15, 0.2) is 0 Å². The molecule has 0 amide bonds. The average Bonchev–Trinajstić information content (AvgIpc) is 3.11. The summed E-state index contributed by atoms with van der Waals surface area (Å²) >= 11 is 0. The first kappa shape index (κ1) is 15.4. The SMILES string of the molecule is Cc1nn(C)c(N(CCC(C)C)C2CC2)c1CC(C)N. The van der Waals surface area contributed by atoms with Gasteiger partial charge in [-0.25, -0.2) is 0 Å². The van der Waals surface area contributed by atoms with Crippen molar-refractivity contribution in [3.63, 3.8) is 0 Å². The molecule has 1 atom stereocenters. The lowest BCUT2D eigenvalue weighted by molar-refractivity contribution is 0.560. The summed E-state index contributed by atoms with van der Waals surface area (Å²) in [5, 5.41) is 4.64. The lowest BCUT2D eigenvalue weighted by atomic mass is 10.1. The monoisotopic (exact) mass is 278 g/mol. The molecule has 4 nitrogen and oxygen atoms in total. The molecule has 0 radical (unpaired) electrons. The molecule has 20 heavy (non-hydrogen) atoms. The van der Waals surface area contributed by atoms with Crippen molar-refractivity contribution in [2.75, 3.05) is 11.4 Å². The van der Waals surface area contributed by atoms with Crippen LogP contribution in [0, 0.1) is 12.8 Å². The zero-order valence-electron chi connectivity index (χ0n) is 13.7. The van der Waals surface area contributed by atoms with E-state index in [1.807, 2.05) is 0 Å². The fourth-order valence-corrected chi connectivity index (χ4v) is 2.85. The highest BCUT2D eigenvalue weighted by Crippen LogP contribution is 2.35. The van der Waals surface area contributed by atoms with Gasteiger partial charge in [-0.3, -0.25) is 4.68 Å². The Morgan fingerprint density at radius 3 is 2.50 bits per heavy atom. The molecule has 2 N–H and O–H groups in total. The molecule has 1 aromatic rings. The van der Waals surface area contributed by atoms with Gasteiger partial charge in [0.15, 0.2) is 0 Å². The summed E-state index contributed by atoms with van der Waals surface area (Å²) in [5.74, 6) is 2.05. The largest absolute Gasteiger partial charge is 0.354 e. The Morgan fingerprint density at radius 2 is 2.00 bits per heavy atom. The van der Waals surface area contributed by atoms with Crippen molar-refractivity contribution in [1.29, 1.82) is 0 Å². The summed E-state index contributed by atoms with van der Waals surface area (Å²) in [6.07, 6.45) is 4.79. The lowest BCUT2D eigenvalue weighted by Gasteiger charge is -2.27. The number of rotatable bonds is 7. The maximum absolute atomic E-state index is 6.03. The molecular formula is C16H30N4. The third-order valence-corrected chi connectivity index (χ3v) is 4.05. The van der Waals surface area contributed by atoms with Crippen LogP contribution in [0.4, 0.5) is 5.82 Å². The van der Waals surface area contributed by atoms with Crippen molar-refractivity contribution >= 4 is 5.82 Å². The summed E-state index contributed by atoms with van der Waals surface area (Å²) in [6.45, 7) is 9.90. The van der Waals surface area contributed by atoms with E-state index in [0.29, 0.717) is 0 Å². The van der Waals surface area contributed by atoms with Gasteiger partial charge in [-0.05, 0) is 45.4 Å². The van der Waals surface area contributed by atoms with E-state index in [2.05, 4.69) is 49.4 Å². The number of hydrogen-bond donors (Lipinski definition) is 1. The highest BCUT2D eigenvalue weighted by atomic mass is 15.4. The highest BCUT2D eigenvalue weighted by molar-refractivity contribution is 5.52. The van der Waals surface area contributed by atoms with Crippen LogP contribution in [0.5, 0.6) is 0 Å². The van der Waals surface area contributed by atoms with Gasteiger partial charge in [0.1, 0.15) is 5.82 Å². The Bertz CT molecular complexity index is 444. The van der Waals surface area contributed by atoms with Crippen molar-refractivity contribution in [3.05, 3.63) is 11.3 Å². The van der Waals surface area contributed by atoms with Crippen molar-refractivity contribution in [2.45, 2.75) is 65.5 Å². The Morgan fingerprint density at radius 1 is 1.35 bits per heavy atom. The molecule has 114 valence electrons. The molecular weight excluding hydrogens is 248 g/mol. The molecule has 0 saturated heterocycles. The van der Waals surface area contributed by atoms with Crippen molar-refractivity contribution < 1.29 is 0 Å². The van der Waals surface area contributed by atoms with E-state index in [1.54, 1.807) is 0 Å². The number of anilines is 1. The normalized spacial score (nSPS) is 16.8. The number of hydrogen-bond acceptors (Lipinski definition) is 3. The van der Waals surface area contributed by atoms with Gasteiger partial charge in [-0.2, -0.15) is 5.10 Å². The van der Waals surface area contributed by atoms with Crippen LogP contribution in [0.2, 0.25) is 0 Å². The molecule has 0 spiro atoms. The van der Waals surface area contributed by atoms with E-state index in [9.17, 15) is 0 Å². The molecule has 1 aromatic heterocycles. The summed E-state index contributed by atoms with van der Waals surface area (Å²) < 4.78 is 2.06. The Labute approximate surface area is 123 Å². The van der Waals surface area contributed by atoms with Crippen molar-refractivity contribution in [3.8, 4) is 0 Å². The number of nitrogens with two attached hydrogens (primary N) is 1. The van der Waals surface area contributed by atoms with Gasteiger partial charge >= 0.3 is 0 Å². The zero-order chi connectivity index (χ0) is 14.9. The Hall–Kier alpha value is -1.03. The highest BCUT2D eigenvalue weighted by Gasteiger charge is 2.32. The third-order valence-electron chi connectivity index (χ3n) is 4.05. The van der Waals surface area contributed by atoms with Gasteiger partial charge < -0.3 is 10.6 Å². The van der Waals surface area contributed by atoms with E-state index >= 15 is 0 Å². The fourth-order valence-electron chi connectivity index (χ4n) is 2.85. The van der Waals surface area contributed by atoms with Crippen LogP contribution < -0.4 is 10.6 Å². The molecule has 0 bridgehead atoms. The minimum Gasteiger partial charge on any atom is -0.354 e. The van der Waals surface area contributed by atoms with Gasteiger partial charge in [0.25, 0.3) is 0 Å². The van der Waals surface area contributed by atoms with Gasteiger partial charge in [0.2, 0.25) is 0 Å². The van der Waals surface area contributed by atoms with E-state index in [1.165, 1.54) is 30.6 Å². The molecule has 0 aromatic carbocycles. The quantitative estimate of drug-likeness (QED) is 0.834. The molecule has 1 aliphatic rings. The Balaban J connectivity index is 2.27. The molecule has 0 aliphatic heterocycles. The molecule has 1 saturated carbocycles. The first-order chi connectivity index (χ1) is 9.40. The standard InChI is InChI=1S/C16H30N4/c1-11(2)8-9-20(14-6-7-14)16-15(10-12(3)17)13(4)18-19(16)5/h11-12,14H,6-10,17H2,1-5H3. The topological polar surface area (TPSA) is 47.1 Å². The molecule has 2 rings (SSSR count). The molecule has 1 heterocycles. The van der Waals surface area contributed by atoms with Crippen LogP contribution in [0.25, 0.3) is 0 Å². The predicted octanol–water partition coefficient (Wildman–Crippen LogP) is 2.63. The molecule has 1 aliphatic carbocycles. The van der Waals surface area contributed by atoms with Crippen LogP contribution >= 0.6 is 0 Å². The number of aromatic nitrogens is 2. The van der Waals surface area contributed by atoms with Crippen LogP contribution in [0.1, 0.15) is 51.3 Å². The number of aryl methyl sites for hydroxylation is 2. The van der Waals surface area contributed by atoms with Gasteiger partial charge in [-0.15, -0.1) is 0 Å². The predicted molar refractivity (Wildman–Crippen MR) is 85.1 cm³/mol. The Kier molecular flexibility index (Phi) is 4.74. The third kappa shape index (κ3) is 3.54. The molecule has 1 fully saturated rings. The lowest BCUT2D eigenvalue weighted by Crippen LogP contribution is -2.31. The second-order valence-corrected chi connectivity index (χ2v) is 6.80. The molecule has 1 unspecified atom stereocenters. The smallest absolute Gasteiger partial charge is 0.130 e. The minimum atomic E-state index is 0.183. The van der Waals surface area contributed by atoms with E-state index in [-0.39, 0.29) is 6.04 Å². The maximum Gasteiger partial charge on any atom is 0.130 e. The number of nitrogens with zero attached hydrogens (tertiary/aromatic N) is 3. The summed E-state index contributed by atoms with van der Waals surface area (Å²) in [4.78, 5) is 2.58.